The van der Waals surface area contributed by atoms with Gasteiger partial charge >= 0.3 is 0 Å². The number of hydrogen-bond donors (Lipinski definition) is 1. The van der Waals surface area contributed by atoms with Gasteiger partial charge in [0.1, 0.15) is 0 Å². The summed E-state index contributed by atoms with van der Waals surface area (Å²) >= 11 is 1.60. The lowest BCUT2D eigenvalue weighted by atomic mass is 10.2. The van der Waals surface area contributed by atoms with Gasteiger partial charge in [-0.1, -0.05) is 12.1 Å². The molecular formula is C9H11N3OS. The van der Waals surface area contributed by atoms with E-state index in [0.717, 1.165) is 12.0 Å². The van der Waals surface area contributed by atoms with Crippen LogP contribution in [0, 0.1) is 0 Å². The molecule has 0 fully saturated rings. The highest BCUT2D eigenvalue weighted by Crippen LogP contribution is 2.20. The van der Waals surface area contributed by atoms with Crippen LogP contribution in [-0.4, -0.2) is 10.1 Å². The Labute approximate surface area is 85.7 Å². The fourth-order valence-electron chi connectivity index (χ4n) is 1.07. The summed E-state index contributed by atoms with van der Waals surface area (Å²) in [6.07, 6.45) is 0.797. The highest BCUT2D eigenvalue weighted by atomic mass is 32.1. The Morgan fingerprint density at radius 1 is 1.64 bits per heavy atom. The molecule has 0 aromatic carbocycles. The van der Waals surface area contributed by atoms with Crippen molar-refractivity contribution in [3.63, 3.8) is 0 Å². The summed E-state index contributed by atoms with van der Waals surface area (Å²) in [6, 6.07) is 1.80. The lowest BCUT2D eigenvalue weighted by Crippen LogP contribution is -2.08. The first-order valence-electron chi connectivity index (χ1n) is 4.43. The van der Waals surface area contributed by atoms with Crippen LogP contribution in [0.2, 0.25) is 0 Å². The molecule has 0 aliphatic heterocycles. The van der Waals surface area contributed by atoms with Crippen molar-refractivity contribution in [1.29, 1.82) is 0 Å². The van der Waals surface area contributed by atoms with Crippen LogP contribution in [0.4, 0.5) is 0 Å². The van der Waals surface area contributed by atoms with Gasteiger partial charge in [0, 0.05) is 10.9 Å². The second-order valence-corrected chi connectivity index (χ2v) is 3.76. The zero-order valence-electron chi connectivity index (χ0n) is 7.80. The predicted octanol–water partition coefficient (Wildman–Crippen LogP) is 2.21. The van der Waals surface area contributed by atoms with Crippen molar-refractivity contribution in [2.24, 2.45) is 5.73 Å². The lowest BCUT2D eigenvalue weighted by molar-refractivity contribution is 0.352. The van der Waals surface area contributed by atoms with Gasteiger partial charge in [0.05, 0.1) is 6.04 Å². The topological polar surface area (TPSA) is 64.9 Å². The van der Waals surface area contributed by atoms with E-state index in [2.05, 4.69) is 10.1 Å². The average Bonchev–Trinajstić information content (AvgIpc) is 2.86. The van der Waals surface area contributed by atoms with Crippen LogP contribution >= 0.6 is 11.3 Å². The molecule has 14 heavy (non-hydrogen) atoms. The first kappa shape index (κ1) is 9.36. The van der Waals surface area contributed by atoms with Crippen molar-refractivity contribution >= 4 is 11.3 Å². The molecule has 0 aliphatic rings. The number of nitrogens with zero attached hydrogens (tertiary/aromatic N) is 2. The standard InChI is InChI=1S/C9H11N3OS/c1-2-7(10)9-11-8(12-13-9)6-3-4-14-5-6/h3-5,7H,2,10H2,1H3/t7-/m1/s1. The molecule has 0 radical (unpaired) electrons. The van der Waals surface area contributed by atoms with E-state index >= 15 is 0 Å². The smallest absolute Gasteiger partial charge is 0.243 e. The minimum Gasteiger partial charge on any atom is -0.337 e. The monoisotopic (exact) mass is 209 g/mol. The quantitative estimate of drug-likeness (QED) is 0.841. The van der Waals surface area contributed by atoms with Crippen molar-refractivity contribution in [3.05, 3.63) is 22.7 Å². The van der Waals surface area contributed by atoms with Crippen LogP contribution in [0.1, 0.15) is 25.3 Å². The summed E-state index contributed by atoms with van der Waals surface area (Å²) in [6.45, 7) is 1.99. The average molecular weight is 209 g/mol. The van der Waals surface area contributed by atoms with E-state index in [9.17, 15) is 0 Å². The van der Waals surface area contributed by atoms with Crippen LogP contribution in [0.15, 0.2) is 21.3 Å². The molecule has 0 unspecified atom stereocenters. The van der Waals surface area contributed by atoms with E-state index in [1.165, 1.54) is 0 Å². The van der Waals surface area contributed by atoms with E-state index in [1.807, 2.05) is 23.8 Å². The van der Waals surface area contributed by atoms with Crippen molar-refractivity contribution in [3.8, 4) is 11.4 Å². The van der Waals surface area contributed by atoms with Gasteiger partial charge in [0.25, 0.3) is 0 Å². The number of thiophene rings is 1. The molecule has 4 nitrogen and oxygen atoms in total. The molecular weight excluding hydrogens is 198 g/mol. The minimum absolute atomic E-state index is 0.158. The normalized spacial score (nSPS) is 13.0. The number of hydrogen-bond acceptors (Lipinski definition) is 5. The summed E-state index contributed by atoms with van der Waals surface area (Å²) in [5.74, 6) is 1.12. The number of nitrogens with two attached hydrogens (primary N) is 1. The molecule has 2 aromatic heterocycles. The fourth-order valence-corrected chi connectivity index (χ4v) is 1.70. The fraction of sp³-hybridized carbons (Fsp3) is 0.333. The van der Waals surface area contributed by atoms with Gasteiger partial charge in [-0.05, 0) is 17.9 Å². The van der Waals surface area contributed by atoms with E-state index in [-0.39, 0.29) is 6.04 Å². The Morgan fingerprint density at radius 3 is 3.14 bits per heavy atom. The summed E-state index contributed by atoms with van der Waals surface area (Å²) in [5, 5.41) is 7.82. The Bertz CT molecular complexity index is 396. The molecule has 1 atom stereocenters. The molecule has 0 saturated carbocycles. The Morgan fingerprint density at radius 2 is 2.50 bits per heavy atom. The van der Waals surface area contributed by atoms with Gasteiger partial charge in [-0.2, -0.15) is 16.3 Å². The maximum Gasteiger partial charge on any atom is 0.243 e. The maximum atomic E-state index is 5.77. The summed E-state index contributed by atoms with van der Waals surface area (Å²) in [5.41, 5.74) is 6.75. The van der Waals surface area contributed by atoms with Crippen LogP contribution < -0.4 is 5.73 Å². The highest BCUT2D eigenvalue weighted by molar-refractivity contribution is 7.08. The molecule has 0 aliphatic carbocycles. The molecule has 0 saturated heterocycles. The van der Waals surface area contributed by atoms with Gasteiger partial charge in [-0.25, -0.2) is 0 Å². The summed E-state index contributed by atoms with van der Waals surface area (Å²) in [7, 11) is 0. The second-order valence-electron chi connectivity index (χ2n) is 2.98. The van der Waals surface area contributed by atoms with Gasteiger partial charge in [0.2, 0.25) is 11.7 Å². The molecule has 74 valence electrons. The minimum atomic E-state index is -0.158. The van der Waals surface area contributed by atoms with Crippen molar-refractivity contribution < 1.29 is 4.52 Å². The Hall–Kier alpha value is -1.20. The third kappa shape index (κ3) is 1.69. The largest absolute Gasteiger partial charge is 0.337 e. The van der Waals surface area contributed by atoms with E-state index in [4.69, 9.17) is 10.3 Å². The third-order valence-electron chi connectivity index (χ3n) is 1.98. The number of rotatable bonds is 3. The summed E-state index contributed by atoms with van der Waals surface area (Å²) < 4.78 is 5.06. The van der Waals surface area contributed by atoms with Crippen LogP contribution in [-0.2, 0) is 0 Å². The highest BCUT2D eigenvalue weighted by Gasteiger charge is 2.13. The zero-order chi connectivity index (χ0) is 9.97. The molecule has 0 spiro atoms. The van der Waals surface area contributed by atoms with Crippen molar-refractivity contribution in [1.82, 2.24) is 10.1 Å². The molecule has 0 bridgehead atoms. The second kappa shape index (κ2) is 3.89. The summed E-state index contributed by atoms with van der Waals surface area (Å²) in [4.78, 5) is 4.23. The van der Waals surface area contributed by atoms with E-state index in [0.29, 0.717) is 11.7 Å². The van der Waals surface area contributed by atoms with E-state index in [1.54, 1.807) is 11.3 Å². The van der Waals surface area contributed by atoms with Crippen molar-refractivity contribution in [2.45, 2.75) is 19.4 Å². The Balaban J connectivity index is 2.26. The predicted molar refractivity (Wildman–Crippen MR) is 54.8 cm³/mol. The lowest BCUT2D eigenvalue weighted by Gasteiger charge is -1.98. The molecule has 2 heterocycles. The molecule has 2 aromatic rings. The van der Waals surface area contributed by atoms with Gasteiger partial charge in [-0.15, -0.1) is 0 Å². The van der Waals surface area contributed by atoms with Gasteiger partial charge in [-0.3, -0.25) is 0 Å². The SMILES string of the molecule is CC[C@@H](N)c1nc(-c2ccsc2)no1. The Kier molecular flexibility index (Phi) is 2.60. The first-order chi connectivity index (χ1) is 6.81. The molecule has 2 N–H and O–H groups in total. The van der Waals surface area contributed by atoms with E-state index < -0.39 is 0 Å². The van der Waals surface area contributed by atoms with Crippen LogP contribution in [0.25, 0.3) is 11.4 Å². The van der Waals surface area contributed by atoms with Gasteiger partial charge < -0.3 is 10.3 Å². The maximum absolute atomic E-state index is 5.77. The van der Waals surface area contributed by atoms with Crippen molar-refractivity contribution in [2.75, 3.05) is 0 Å². The molecule has 2 rings (SSSR count). The zero-order valence-corrected chi connectivity index (χ0v) is 8.62. The molecule has 0 amide bonds. The number of aromatic nitrogens is 2. The van der Waals surface area contributed by atoms with Crippen LogP contribution in [0.5, 0.6) is 0 Å². The third-order valence-corrected chi connectivity index (χ3v) is 2.66. The van der Waals surface area contributed by atoms with Gasteiger partial charge in [0.15, 0.2) is 0 Å². The first-order valence-corrected chi connectivity index (χ1v) is 5.37. The molecule has 5 heteroatoms. The van der Waals surface area contributed by atoms with Crippen LogP contribution in [0.3, 0.4) is 0 Å².